The van der Waals surface area contributed by atoms with Crippen molar-refractivity contribution < 1.29 is 18.7 Å². The SMILES string of the molecule is C=C(C)COc1ccc2c(C)c(CCC(=O)N[C@H]3CCOC(C)(C)C3)c(=O)oc2c1. The van der Waals surface area contributed by atoms with E-state index in [0.29, 0.717) is 36.5 Å². The van der Waals surface area contributed by atoms with Crippen LogP contribution in [0.15, 0.2) is 39.6 Å². The molecule has 6 heteroatoms. The standard InChI is InChI=1S/C24H31NO5/c1-15(2)14-28-18-6-7-19-16(3)20(23(27)30-21(19)12-18)8-9-22(26)25-17-10-11-29-24(4,5)13-17/h6-7,12,17H,1,8-11,13-14H2,2-5H3,(H,25,26)/t17-/m0/s1. The molecule has 1 aromatic carbocycles. The average molecular weight is 414 g/mol. The van der Waals surface area contributed by atoms with Gasteiger partial charge in [-0.3, -0.25) is 4.79 Å². The number of carbonyl (C=O) groups excluding carboxylic acids is 1. The minimum absolute atomic E-state index is 0.0554. The number of amides is 1. The van der Waals surface area contributed by atoms with Gasteiger partial charge in [-0.15, -0.1) is 0 Å². The Hall–Kier alpha value is -2.60. The molecular formula is C24H31NO5. The van der Waals surface area contributed by atoms with Gasteiger partial charge in [-0.2, -0.15) is 0 Å². The summed E-state index contributed by atoms with van der Waals surface area (Å²) in [6.07, 6.45) is 2.18. The number of nitrogens with one attached hydrogen (secondary N) is 1. The quantitative estimate of drug-likeness (QED) is 0.547. The van der Waals surface area contributed by atoms with Crippen molar-refractivity contribution in [1.29, 1.82) is 0 Å². The van der Waals surface area contributed by atoms with Crippen molar-refractivity contribution in [2.45, 2.75) is 65.0 Å². The molecule has 0 saturated carbocycles. The number of fused-ring (bicyclic) bond motifs is 1. The van der Waals surface area contributed by atoms with Crippen molar-refractivity contribution >= 4 is 16.9 Å². The van der Waals surface area contributed by atoms with Crippen LogP contribution in [0.1, 0.15) is 51.2 Å². The Bertz CT molecular complexity index is 1000. The predicted octanol–water partition coefficient (Wildman–Crippen LogP) is 4.06. The van der Waals surface area contributed by atoms with Crippen molar-refractivity contribution in [2.75, 3.05) is 13.2 Å². The van der Waals surface area contributed by atoms with Gasteiger partial charge < -0.3 is 19.2 Å². The molecular weight excluding hydrogens is 382 g/mol. The van der Waals surface area contributed by atoms with E-state index in [1.165, 1.54) is 0 Å². The summed E-state index contributed by atoms with van der Waals surface area (Å²) in [5.41, 5.74) is 2.14. The highest BCUT2D eigenvalue weighted by Crippen LogP contribution is 2.26. The van der Waals surface area contributed by atoms with E-state index in [9.17, 15) is 9.59 Å². The predicted molar refractivity (Wildman–Crippen MR) is 117 cm³/mol. The largest absolute Gasteiger partial charge is 0.489 e. The molecule has 2 heterocycles. The number of ether oxygens (including phenoxy) is 2. The third kappa shape index (κ3) is 5.51. The summed E-state index contributed by atoms with van der Waals surface area (Å²) in [5.74, 6) is 0.569. The van der Waals surface area contributed by atoms with Gasteiger partial charge in [0.25, 0.3) is 0 Å². The summed E-state index contributed by atoms with van der Waals surface area (Å²) in [7, 11) is 0. The topological polar surface area (TPSA) is 77.8 Å². The first-order valence-corrected chi connectivity index (χ1v) is 10.4. The van der Waals surface area contributed by atoms with E-state index in [0.717, 1.165) is 29.4 Å². The molecule has 1 aliphatic rings. The first-order valence-electron chi connectivity index (χ1n) is 10.4. The third-order valence-corrected chi connectivity index (χ3v) is 5.41. The lowest BCUT2D eigenvalue weighted by atomic mass is 9.93. The highest BCUT2D eigenvalue weighted by Gasteiger charge is 2.29. The lowest BCUT2D eigenvalue weighted by molar-refractivity contribution is -0.124. The van der Waals surface area contributed by atoms with Gasteiger partial charge in [-0.1, -0.05) is 6.58 Å². The van der Waals surface area contributed by atoms with Crippen molar-refractivity contribution in [2.24, 2.45) is 0 Å². The maximum atomic E-state index is 12.5. The Morgan fingerprint density at radius 2 is 2.13 bits per heavy atom. The lowest BCUT2D eigenvalue weighted by Gasteiger charge is -2.35. The first-order chi connectivity index (χ1) is 14.1. The Kier molecular flexibility index (Phi) is 6.66. The van der Waals surface area contributed by atoms with Gasteiger partial charge in [0.15, 0.2) is 0 Å². The highest BCUT2D eigenvalue weighted by atomic mass is 16.5. The summed E-state index contributed by atoms with van der Waals surface area (Å²) >= 11 is 0. The number of carbonyl (C=O) groups is 1. The molecule has 0 bridgehead atoms. The molecule has 0 aliphatic carbocycles. The minimum Gasteiger partial charge on any atom is -0.489 e. The Morgan fingerprint density at radius 1 is 1.37 bits per heavy atom. The Labute approximate surface area is 177 Å². The normalized spacial score (nSPS) is 18.2. The van der Waals surface area contributed by atoms with Crippen LogP contribution in [0.25, 0.3) is 11.0 Å². The van der Waals surface area contributed by atoms with E-state index < -0.39 is 5.63 Å². The number of hydrogen-bond donors (Lipinski definition) is 1. The molecule has 1 aromatic heterocycles. The summed E-state index contributed by atoms with van der Waals surface area (Å²) in [5, 5.41) is 3.92. The maximum Gasteiger partial charge on any atom is 0.339 e. The van der Waals surface area contributed by atoms with Crippen LogP contribution in [0.2, 0.25) is 0 Å². The highest BCUT2D eigenvalue weighted by molar-refractivity contribution is 5.82. The van der Waals surface area contributed by atoms with Crippen LogP contribution >= 0.6 is 0 Å². The second-order valence-electron chi connectivity index (χ2n) is 8.76. The van der Waals surface area contributed by atoms with E-state index in [1.54, 1.807) is 6.07 Å². The average Bonchev–Trinajstić information content (AvgIpc) is 2.65. The third-order valence-electron chi connectivity index (χ3n) is 5.41. The molecule has 1 atom stereocenters. The summed E-state index contributed by atoms with van der Waals surface area (Å²) in [4.78, 5) is 25.0. The van der Waals surface area contributed by atoms with Crippen LogP contribution < -0.4 is 15.7 Å². The molecule has 0 spiro atoms. The van der Waals surface area contributed by atoms with Crippen LogP contribution in [-0.2, 0) is 16.0 Å². The van der Waals surface area contributed by atoms with Crippen LogP contribution in [0.5, 0.6) is 5.75 Å². The fourth-order valence-electron chi connectivity index (χ4n) is 3.85. The number of benzene rings is 1. The Balaban J connectivity index is 1.68. The fraction of sp³-hybridized carbons (Fsp3) is 0.500. The van der Waals surface area contributed by atoms with Crippen molar-refractivity contribution in [1.82, 2.24) is 5.32 Å². The molecule has 30 heavy (non-hydrogen) atoms. The number of rotatable bonds is 7. The second-order valence-corrected chi connectivity index (χ2v) is 8.76. The fourth-order valence-corrected chi connectivity index (χ4v) is 3.85. The van der Waals surface area contributed by atoms with Gasteiger partial charge in [0.1, 0.15) is 17.9 Å². The van der Waals surface area contributed by atoms with Crippen molar-refractivity contribution in [3.63, 3.8) is 0 Å². The van der Waals surface area contributed by atoms with Gasteiger partial charge in [-0.05, 0) is 70.2 Å². The molecule has 0 unspecified atom stereocenters. The molecule has 1 saturated heterocycles. The van der Waals surface area contributed by atoms with Crippen LogP contribution in [-0.4, -0.2) is 30.8 Å². The van der Waals surface area contributed by atoms with Crippen LogP contribution in [0, 0.1) is 6.92 Å². The zero-order chi connectivity index (χ0) is 21.9. The first kappa shape index (κ1) is 22.1. The van der Waals surface area contributed by atoms with Gasteiger partial charge in [-0.25, -0.2) is 4.79 Å². The summed E-state index contributed by atoms with van der Waals surface area (Å²) < 4.78 is 16.8. The molecule has 2 aromatic rings. The molecule has 162 valence electrons. The lowest BCUT2D eigenvalue weighted by Crippen LogP contribution is -2.45. The number of aryl methyl sites for hydroxylation is 1. The molecule has 1 amide bonds. The molecule has 1 aliphatic heterocycles. The van der Waals surface area contributed by atoms with Gasteiger partial charge in [0, 0.05) is 36.1 Å². The number of hydrogen-bond acceptors (Lipinski definition) is 5. The van der Waals surface area contributed by atoms with Gasteiger partial charge >= 0.3 is 5.63 Å². The van der Waals surface area contributed by atoms with Crippen LogP contribution in [0.4, 0.5) is 0 Å². The van der Waals surface area contributed by atoms with Gasteiger partial charge in [0.2, 0.25) is 5.91 Å². The van der Waals surface area contributed by atoms with E-state index in [4.69, 9.17) is 13.9 Å². The summed E-state index contributed by atoms with van der Waals surface area (Å²) in [6, 6.07) is 5.56. The van der Waals surface area contributed by atoms with Crippen molar-refractivity contribution in [3.8, 4) is 5.75 Å². The van der Waals surface area contributed by atoms with E-state index in [2.05, 4.69) is 11.9 Å². The Morgan fingerprint density at radius 3 is 2.83 bits per heavy atom. The van der Waals surface area contributed by atoms with E-state index in [-0.39, 0.29) is 24.0 Å². The van der Waals surface area contributed by atoms with E-state index >= 15 is 0 Å². The summed E-state index contributed by atoms with van der Waals surface area (Å²) in [6.45, 7) is 12.7. The smallest absolute Gasteiger partial charge is 0.339 e. The second kappa shape index (κ2) is 9.04. The molecule has 1 N–H and O–H groups in total. The maximum absolute atomic E-state index is 12.5. The van der Waals surface area contributed by atoms with Gasteiger partial charge in [0.05, 0.1) is 5.60 Å². The van der Waals surface area contributed by atoms with Crippen LogP contribution in [0.3, 0.4) is 0 Å². The molecule has 6 nitrogen and oxygen atoms in total. The molecule has 0 radical (unpaired) electrons. The van der Waals surface area contributed by atoms with E-state index in [1.807, 2.05) is 39.8 Å². The van der Waals surface area contributed by atoms with Crippen molar-refractivity contribution in [3.05, 3.63) is 51.9 Å². The molecule has 1 fully saturated rings. The minimum atomic E-state index is -0.406. The molecule has 3 rings (SSSR count). The monoisotopic (exact) mass is 413 g/mol. The zero-order valence-electron chi connectivity index (χ0n) is 18.3. The zero-order valence-corrected chi connectivity index (χ0v) is 18.3.